The molecule has 0 fully saturated rings. The van der Waals surface area contributed by atoms with E-state index in [1.165, 1.54) is 0 Å². The number of aryl methyl sites for hydroxylation is 1. The lowest BCUT2D eigenvalue weighted by Crippen LogP contribution is -2.34. The van der Waals surface area contributed by atoms with Gasteiger partial charge in [-0.05, 0) is 46.1 Å². The molecule has 0 unspecified atom stereocenters. The zero-order chi connectivity index (χ0) is 18.1. The van der Waals surface area contributed by atoms with Gasteiger partial charge in [-0.3, -0.25) is 4.79 Å². The minimum Gasteiger partial charge on any atom is -0.460 e. The van der Waals surface area contributed by atoms with E-state index < -0.39 is 0 Å². The van der Waals surface area contributed by atoms with Gasteiger partial charge in [0, 0.05) is 29.3 Å². The molecule has 0 spiro atoms. The fraction of sp³-hybridized carbons (Fsp3) is 0.429. The van der Waals surface area contributed by atoms with Gasteiger partial charge in [-0.2, -0.15) is 0 Å². The topological polar surface area (TPSA) is 55.4 Å². The summed E-state index contributed by atoms with van der Waals surface area (Å²) < 4.78 is 5.48. The van der Waals surface area contributed by atoms with E-state index in [2.05, 4.69) is 5.32 Å². The Labute approximate surface area is 149 Å². The third-order valence-electron chi connectivity index (χ3n) is 4.75. The Morgan fingerprint density at radius 3 is 2.48 bits per heavy atom. The largest absolute Gasteiger partial charge is 0.460 e. The molecule has 0 saturated heterocycles. The van der Waals surface area contributed by atoms with Crippen molar-refractivity contribution in [2.24, 2.45) is 0 Å². The van der Waals surface area contributed by atoms with Gasteiger partial charge in [0.2, 0.25) is 0 Å². The van der Waals surface area contributed by atoms with E-state index in [-0.39, 0.29) is 23.8 Å². The Morgan fingerprint density at radius 2 is 1.84 bits per heavy atom. The summed E-state index contributed by atoms with van der Waals surface area (Å²) in [5.41, 5.74) is 5.13. The third-order valence-corrected chi connectivity index (χ3v) is 4.75. The molecule has 0 amide bonds. The average Bonchev–Trinajstić information content (AvgIpc) is 2.53. The monoisotopic (exact) mass is 339 g/mol. The number of Topliss-reactive ketones (excluding diaryl/α,β-unsaturated/α-hetero) is 1. The molecule has 3 rings (SSSR count). The summed E-state index contributed by atoms with van der Waals surface area (Å²) in [4.78, 5) is 25.5. The van der Waals surface area contributed by atoms with Crippen molar-refractivity contribution in [3.63, 3.8) is 0 Å². The Morgan fingerprint density at radius 1 is 1.16 bits per heavy atom. The summed E-state index contributed by atoms with van der Waals surface area (Å²) >= 11 is 0. The van der Waals surface area contributed by atoms with Gasteiger partial charge in [0.05, 0.1) is 11.7 Å². The lowest BCUT2D eigenvalue weighted by molar-refractivity contribution is -0.143. The van der Waals surface area contributed by atoms with Crippen molar-refractivity contribution in [2.45, 2.75) is 59.0 Å². The molecule has 1 aliphatic heterocycles. The summed E-state index contributed by atoms with van der Waals surface area (Å²) in [5.74, 6) is -0.576. The van der Waals surface area contributed by atoms with Crippen molar-refractivity contribution in [3.05, 3.63) is 57.9 Å². The number of carbonyl (C=O) groups is 2. The van der Waals surface area contributed by atoms with Crippen LogP contribution in [0.1, 0.15) is 57.1 Å². The van der Waals surface area contributed by atoms with E-state index in [0.717, 1.165) is 40.9 Å². The first-order valence-electron chi connectivity index (χ1n) is 8.90. The number of benzene rings is 1. The van der Waals surface area contributed by atoms with Crippen LogP contribution in [0.4, 0.5) is 0 Å². The van der Waals surface area contributed by atoms with Crippen LogP contribution in [0.25, 0.3) is 0 Å². The Bertz CT molecular complexity index is 769. The molecule has 0 saturated carbocycles. The molecule has 1 aliphatic carbocycles. The highest BCUT2D eigenvalue weighted by molar-refractivity contribution is 6.03. The highest BCUT2D eigenvalue weighted by Gasteiger charge is 2.39. The first-order valence-corrected chi connectivity index (χ1v) is 8.90. The molecule has 0 radical (unpaired) electrons. The molecule has 4 heteroatoms. The van der Waals surface area contributed by atoms with Crippen LogP contribution in [0.2, 0.25) is 0 Å². The Balaban J connectivity index is 2.13. The van der Waals surface area contributed by atoms with E-state index in [4.69, 9.17) is 4.74 Å². The molecule has 1 aromatic rings. The summed E-state index contributed by atoms with van der Waals surface area (Å²) in [7, 11) is 0. The van der Waals surface area contributed by atoms with Crippen molar-refractivity contribution in [1.29, 1.82) is 0 Å². The highest BCUT2D eigenvalue weighted by atomic mass is 16.5. The van der Waals surface area contributed by atoms with Crippen LogP contribution in [0.15, 0.2) is 46.8 Å². The molecule has 0 aromatic heterocycles. The van der Waals surface area contributed by atoms with E-state index in [0.29, 0.717) is 12.0 Å². The van der Waals surface area contributed by atoms with Crippen LogP contribution in [0, 0.1) is 6.92 Å². The normalized spacial score (nSPS) is 20.5. The molecule has 4 nitrogen and oxygen atoms in total. The van der Waals surface area contributed by atoms with Crippen molar-refractivity contribution < 1.29 is 14.3 Å². The molecule has 25 heavy (non-hydrogen) atoms. The van der Waals surface area contributed by atoms with Crippen molar-refractivity contribution in [2.75, 3.05) is 0 Å². The number of hydrogen-bond acceptors (Lipinski definition) is 4. The third kappa shape index (κ3) is 3.39. The standard InChI is InChI=1S/C21H25NO3/c1-12(2)25-21(24)18-14(4)22-16-6-5-7-17(23)20(16)19(18)15-10-8-13(3)9-11-15/h8-12,19,22H,5-7H2,1-4H3/t19-/m0/s1. The maximum absolute atomic E-state index is 12.8. The zero-order valence-electron chi connectivity index (χ0n) is 15.3. The smallest absolute Gasteiger partial charge is 0.337 e. The van der Waals surface area contributed by atoms with Gasteiger partial charge >= 0.3 is 5.97 Å². The molecule has 132 valence electrons. The van der Waals surface area contributed by atoms with Crippen LogP contribution in [0.5, 0.6) is 0 Å². The number of carbonyl (C=O) groups excluding carboxylic acids is 2. The first kappa shape index (κ1) is 17.5. The maximum atomic E-state index is 12.8. The highest BCUT2D eigenvalue weighted by Crippen LogP contribution is 2.42. The van der Waals surface area contributed by atoms with Crippen LogP contribution in [-0.2, 0) is 14.3 Å². The number of ketones is 1. The molecule has 1 heterocycles. The number of rotatable bonds is 3. The molecule has 0 bridgehead atoms. The SMILES string of the molecule is CC1=C(C(=O)OC(C)C)[C@H](c2ccc(C)cc2)C2=C(CCCC2=O)N1. The second kappa shape index (κ2) is 6.87. The van der Waals surface area contributed by atoms with Gasteiger partial charge in [0.1, 0.15) is 0 Å². The van der Waals surface area contributed by atoms with Gasteiger partial charge in [0.25, 0.3) is 0 Å². The molecular weight excluding hydrogens is 314 g/mol. The summed E-state index contributed by atoms with van der Waals surface area (Å²) in [6.07, 6.45) is 2.02. The Kier molecular flexibility index (Phi) is 4.80. The maximum Gasteiger partial charge on any atom is 0.337 e. The lowest BCUT2D eigenvalue weighted by Gasteiger charge is -2.34. The van der Waals surface area contributed by atoms with Gasteiger partial charge in [0.15, 0.2) is 5.78 Å². The molecule has 1 aromatic carbocycles. The zero-order valence-corrected chi connectivity index (χ0v) is 15.3. The minimum atomic E-state index is -0.351. The van der Waals surface area contributed by atoms with E-state index in [9.17, 15) is 9.59 Å². The van der Waals surface area contributed by atoms with E-state index in [1.54, 1.807) is 0 Å². The molecule has 2 aliphatic rings. The minimum absolute atomic E-state index is 0.127. The van der Waals surface area contributed by atoms with Gasteiger partial charge < -0.3 is 10.1 Å². The molecular formula is C21H25NO3. The van der Waals surface area contributed by atoms with Gasteiger partial charge in [-0.25, -0.2) is 4.79 Å². The Hall–Kier alpha value is -2.36. The predicted molar refractivity (Wildman–Crippen MR) is 96.9 cm³/mol. The number of ether oxygens (including phenoxy) is 1. The van der Waals surface area contributed by atoms with Crippen LogP contribution in [0.3, 0.4) is 0 Å². The van der Waals surface area contributed by atoms with Crippen LogP contribution < -0.4 is 5.32 Å². The summed E-state index contributed by atoms with van der Waals surface area (Å²) in [6, 6.07) is 8.05. The van der Waals surface area contributed by atoms with Crippen LogP contribution in [-0.4, -0.2) is 17.9 Å². The van der Waals surface area contributed by atoms with Crippen molar-refractivity contribution in [1.82, 2.24) is 5.32 Å². The van der Waals surface area contributed by atoms with Gasteiger partial charge in [-0.1, -0.05) is 29.8 Å². The second-order valence-corrected chi connectivity index (χ2v) is 7.13. The average molecular weight is 339 g/mol. The predicted octanol–water partition coefficient (Wildman–Crippen LogP) is 3.91. The number of esters is 1. The number of allylic oxidation sites excluding steroid dienone is 3. The van der Waals surface area contributed by atoms with Crippen molar-refractivity contribution in [3.8, 4) is 0 Å². The van der Waals surface area contributed by atoms with Crippen LogP contribution >= 0.6 is 0 Å². The van der Waals surface area contributed by atoms with E-state index in [1.807, 2.05) is 52.0 Å². The number of dihydropyridines is 1. The van der Waals surface area contributed by atoms with Gasteiger partial charge in [-0.15, -0.1) is 0 Å². The van der Waals surface area contributed by atoms with Crippen molar-refractivity contribution >= 4 is 11.8 Å². The second-order valence-electron chi connectivity index (χ2n) is 7.13. The quantitative estimate of drug-likeness (QED) is 0.848. The van der Waals surface area contributed by atoms with E-state index >= 15 is 0 Å². The fourth-order valence-electron chi connectivity index (χ4n) is 3.62. The molecule has 1 N–H and O–H groups in total. The summed E-state index contributed by atoms with van der Waals surface area (Å²) in [6.45, 7) is 7.58. The fourth-order valence-corrected chi connectivity index (χ4v) is 3.62. The first-order chi connectivity index (χ1) is 11.9. The number of nitrogens with one attached hydrogen (secondary N) is 1. The summed E-state index contributed by atoms with van der Waals surface area (Å²) in [5, 5.41) is 3.30. The molecule has 1 atom stereocenters. The lowest BCUT2D eigenvalue weighted by atomic mass is 9.75. The number of hydrogen-bond donors (Lipinski definition) is 1.